The lowest BCUT2D eigenvalue weighted by Gasteiger charge is -2.24. The topological polar surface area (TPSA) is 108 Å². The van der Waals surface area contributed by atoms with Gasteiger partial charge in [-0.3, -0.25) is 18.6 Å². The summed E-state index contributed by atoms with van der Waals surface area (Å²) in [5, 5.41) is 0. The van der Waals surface area contributed by atoms with Crippen LogP contribution in [-0.2, 0) is 32.7 Å². The average molecular weight is 697 g/mol. The molecule has 0 saturated carbocycles. The molecule has 0 aliphatic rings. The molecule has 0 spiro atoms. The van der Waals surface area contributed by atoms with Gasteiger partial charge in [0, 0.05) is 6.42 Å². The zero-order chi connectivity index (χ0) is 35.8. The Morgan fingerprint density at radius 1 is 0.667 bits per heavy atom. The lowest BCUT2D eigenvalue weighted by atomic mass is 10.1. The summed E-state index contributed by atoms with van der Waals surface area (Å²) in [6.07, 6.45) is 34.5. The number of phosphoric acid groups is 1. The van der Waals surface area contributed by atoms with Crippen molar-refractivity contribution in [3.05, 3.63) is 60.8 Å². The van der Waals surface area contributed by atoms with Crippen molar-refractivity contribution in [3.63, 3.8) is 0 Å². The van der Waals surface area contributed by atoms with E-state index in [0.29, 0.717) is 17.4 Å². The first-order chi connectivity index (χ1) is 23.0. The molecular weight excluding hydrogens is 629 g/mol. The minimum atomic E-state index is -4.39. The number of unbranched alkanes of at least 4 members (excludes halogenated alkanes) is 8. The second kappa shape index (κ2) is 30.7. The van der Waals surface area contributed by atoms with Crippen LogP contribution in [0.25, 0.3) is 0 Å². The summed E-state index contributed by atoms with van der Waals surface area (Å²) in [5.74, 6) is -0.957. The molecule has 0 aromatic rings. The number of ether oxygens (including phenoxy) is 2. The highest BCUT2D eigenvalue weighted by Crippen LogP contribution is 2.43. The summed E-state index contributed by atoms with van der Waals surface area (Å²) >= 11 is 0. The van der Waals surface area contributed by atoms with E-state index in [1.165, 1.54) is 38.5 Å². The highest BCUT2D eigenvalue weighted by atomic mass is 31.2. The summed E-state index contributed by atoms with van der Waals surface area (Å²) in [5.41, 5.74) is 0. The van der Waals surface area contributed by atoms with Crippen LogP contribution >= 0.6 is 7.82 Å². The van der Waals surface area contributed by atoms with Crippen molar-refractivity contribution >= 4 is 19.8 Å². The number of rotatable bonds is 31. The predicted octanol–water partition coefficient (Wildman–Crippen LogP) is 9.34. The maximum absolute atomic E-state index is 12.5. The third-order valence-electron chi connectivity index (χ3n) is 7.10. The Labute approximate surface area is 292 Å². The molecule has 276 valence electrons. The van der Waals surface area contributed by atoms with Crippen LogP contribution in [0.2, 0.25) is 0 Å². The fourth-order valence-electron chi connectivity index (χ4n) is 4.26. The van der Waals surface area contributed by atoms with E-state index < -0.39 is 32.5 Å². The van der Waals surface area contributed by atoms with Crippen molar-refractivity contribution in [1.29, 1.82) is 0 Å². The second-order valence-corrected chi connectivity index (χ2v) is 14.4. The minimum absolute atomic E-state index is 0.00714. The summed E-state index contributed by atoms with van der Waals surface area (Å²) in [4.78, 5) is 35.0. The van der Waals surface area contributed by atoms with Crippen molar-refractivity contribution < 1.29 is 42.1 Å². The molecule has 0 fully saturated rings. The van der Waals surface area contributed by atoms with Gasteiger partial charge in [-0.1, -0.05) is 126 Å². The maximum atomic E-state index is 12.5. The Morgan fingerprint density at radius 3 is 1.69 bits per heavy atom. The first kappa shape index (κ1) is 45.7. The van der Waals surface area contributed by atoms with Crippen molar-refractivity contribution in [2.45, 2.75) is 123 Å². The highest BCUT2D eigenvalue weighted by molar-refractivity contribution is 7.47. The summed E-state index contributed by atoms with van der Waals surface area (Å²) in [6, 6.07) is 0. The quantitative estimate of drug-likeness (QED) is 0.0251. The SMILES string of the molecule is CC/C=C\C/C=C\C/C=C\C/C=C\C/C=C\CC(=O)OC(COC(=O)CCCCCCCCCCC)COP(=O)(O)OCC[N+](C)(C)C. The largest absolute Gasteiger partial charge is 0.472 e. The smallest absolute Gasteiger partial charge is 0.462 e. The summed E-state index contributed by atoms with van der Waals surface area (Å²) in [6.45, 7) is 4.13. The van der Waals surface area contributed by atoms with Gasteiger partial charge in [0.15, 0.2) is 6.10 Å². The van der Waals surface area contributed by atoms with Crippen LogP contribution < -0.4 is 0 Å². The van der Waals surface area contributed by atoms with E-state index in [9.17, 15) is 19.0 Å². The zero-order valence-corrected chi connectivity index (χ0v) is 31.6. The minimum Gasteiger partial charge on any atom is -0.462 e. The van der Waals surface area contributed by atoms with Gasteiger partial charge >= 0.3 is 19.8 Å². The number of hydrogen-bond acceptors (Lipinski definition) is 7. The summed E-state index contributed by atoms with van der Waals surface area (Å²) in [7, 11) is 1.41. The van der Waals surface area contributed by atoms with Crippen LogP contribution in [0.1, 0.15) is 117 Å². The van der Waals surface area contributed by atoms with Gasteiger partial charge in [-0.2, -0.15) is 0 Å². The van der Waals surface area contributed by atoms with Crippen LogP contribution in [-0.4, -0.2) is 74.9 Å². The number of carbonyl (C=O) groups is 2. The molecule has 2 unspecified atom stereocenters. The molecular formula is C38H67NO8P+. The van der Waals surface area contributed by atoms with E-state index in [4.69, 9.17) is 18.5 Å². The van der Waals surface area contributed by atoms with Crippen LogP contribution in [0.15, 0.2) is 60.8 Å². The summed E-state index contributed by atoms with van der Waals surface area (Å²) < 4.78 is 33.9. The standard InChI is InChI=1S/C38H66NO8P/c1-6-8-10-12-14-16-17-18-19-20-21-23-25-27-29-31-38(41)47-36(35-46-48(42,43)45-33-32-39(3,4)5)34-44-37(40)30-28-26-24-22-15-13-11-9-7-2/h8,10,14,16,18-19,21,23,27,29,36H,6-7,9,11-13,15,17,20,22,24-26,28,30-35H2,1-5H3/p+1/b10-8-,16-14-,19-18-,23-21-,29-27-. The van der Waals surface area contributed by atoms with E-state index in [-0.39, 0.29) is 26.1 Å². The lowest BCUT2D eigenvalue weighted by Crippen LogP contribution is -2.37. The normalized spacial score (nSPS) is 14.5. The van der Waals surface area contributed by atoms with Gasteiger partial charge in [0.1, 0.15) is 19.8 Å². The van der Waals surface area contributed by atoms with Crippen LogP contribution in [0, 0.1) is 0 Å². The van der Waals surface area contributed by atoms with E-state index >= 15 is 0 Å². The maximum Gasteiger partial charge on any atom is 0.472 e. The van der Waals surface area contributed by atoms with Gasteiger partial charge in [-0.25, -0.2) is 4.57 Å². The van der Waals surface area contributed by atoms with Crippen LogP contribution in [0.5, 0.6) is 0 Å². The van der Waals surface area contributed by atoms with E-state index in [0.717, 1.165) is 44.9 Å². The molecule has 0 radical (unpaired) electrons. The molecule has 0 aliphatic carbocycles. The predicted molar refractivity (Wildman–Crippen MR) is 196 cm³/mol. The first-order valence-corrected chi connectivity index (χ1v) is 19.5. The molecule has 0 bridgehead atoms. The van der Waals surface area contributed by atoms with Crippen LogP contribution in [0.4, 0.5) is 0 Å². The number of carbonyl (C=O) groups excluding carboxylic acids is 2. The Hall–Kier alpha value is -2.29. The number of phosphoric ester groups is 1. The Balaban J connectivity index is 4.65. The average Bonchev–Trinajstić information content (AvgIpc) is 3.02. The number of quaternary nitrogens is 1. The molecule has 2 atom stereocenters. The number of likely N-dealkylation sites (N-methyl/N-ethyl adjacent to an activating group) is 1. The molecule has 0 aromatic heterocycles. The monoisotopic (exact) mass is 696 g/mol. The van der Waals surface area contributed by atoms with Crippen molar-refractivity contribution in [3.8, 4) is 0 Å². The Kier molecular flexibility index (Phi) is 29.3. The van der Waals surface area contributed by atoms with Crippen molar-refractivity contribution in [2.24, 2.45) is 0 Å². The van der Waals surface area contributed by atoms with Gasteiger partial charge in [0.2, 0.25) is 0 Å². The van der Waals surface area contributed by atoms with Gasteiger partial charge in [-0.05, 0) is 38.5 Å². The fraction of sp³-hybridized carbons (Fsp3) is 0.684. The molecule has 10 heteroatoms. The van der Waals surface area contributed by atoms with Gasteiger partial charge < -0.3 is 18.9 Å². The second-order valence-electron chi connectivity index (χ2n) is 12.9. The Morgan fingerprint density at radius 2 is 1.17 bits per heavy atom. The van der Waals surface area contributed by atoms with Gasteiger partial charge in [-0.15, -0.1) is 0 Å². The van der Waals surface area contributed by atoms with Gasteiger partial charge in [0.05, 0.1) is 34.2 Å². The molecule has 9 nitrogen and oxygen atoms in total. The number of esters is 2. The van der Waals surface area contributed by atoms with Crippen LogP contribution in [0.3, 0.4) is 0 Å². The van der Waals surface area contributed by atoms with Crippen molar-refractivity contribution in [1.82, 2.24) is 0 Å². The third kappa shape index (κ3) is 33.6. The molecule has 48 heavy (non-hydrogen) atoms. The highest BCUT2D eigenvalue weighted by Gasteiger charge is 2.26. The zero-order valence-electron chi connectivity index (χ0n) is 30.7. The molecule has 0 amide bonds. The van der Waals surface area contributed by atoms with E-state index in [2.05, 4.69) is 56.4 Å². The molecule has 0 rings (SSSR count). The number of hydrogen-bond donors (Lipinski definition) is 1. The molecule has 0 aromatic carbocycles. The number of allylic oxidation sites excluding steroid dienone is 9. The van der Waals surface area contributed by atoms with Gasteiger partial charge in [0.25, 0.3) is 0 Å². The number of nitrogens with zero attached hydrogens (tertiary/aromatic N) is 1. The van der Waals surface area contributed by atoms with E-state index in [1.54, 1.807) is 6.08 Å². The molecule has 1 N–H and O–H groups in total. The fourth-order valence-corrected chi connectivity index (χ4v) is 5.00. The first-order valence-electron chi connectivity index (χ1n) is 18.0. The van der Waals surface area contributed by atoms with E-state index in [1.807, 2.05) is 33.3 Å². The molecule has 0 heterocycles. The Bertz CT molecular complexity index is 1010. The molecule has 0 aliphatic heterocycles. The molecule has 0 saturated heterocycles. The third-order valence-corrected chi connectivity index (χ3v) is 8.08. The lowest BCUT2D eigenvalue weighted by molar-refractivity contribution is -0.870. The van der Waals surface area contributed by atoms with Crippen molar-refractivity contribution in [2.75, 3.05) is 47.5 Å².